The van der Waals surface area contributed by atoms with Crippen LogP contribution in [-0.2, 0) is 9.53 Å². The summed E-state index contributed by atoms with van der Waals surface area (Å²) in [5.41, 5.74) is 1.56. The lowest BCUT2D eigenvalue weighted by Gasteiger charge is -2.07. The summed E-state index contributed by atoms with van der Waals surface area (Å²) in [6.45, 7) is 1.92. The van der Waals surface area contributed by atoms with Crippen LogP contribution in [-0.4, -0.2) is 29.8 Å². The van der Waals surface area contributed by atoms with Gasteiger partial charge in [-0.1, -0.05) is 30.0 Å². The smallest absolute Gasteiger partial charge is 0.344 e. The van der Waals surface area contributed by atoms with Gasteiger partial charge in [0.15, 0.2) is 0 Å². The number of esters is 1. The first kappa shape index (κ1) is 21.7. The molecule has 1 N–H and O–H groups in total. The predicted octanol–water partition coefficient (Wildman–Crippen LogP) is 6.41. The number of nitrogens with zero attached hydrogens (tertiary/aromatic N) is 1. The quantitative estimate of drug-likeness (QED) is 0.445. The molecule has 3 rings (SSSR count). The third-order valence-corrected chi connectivity index (χ3v) is 6.08. The van der Waals surface area contributed by atoms with Crippen LogP contribution < -0.4 is 4.74 Å². The molecule has 0 aliphatic carbocycles. The van der Waals surface area contributed by atoms with Crippen molar-refractivity contribution in [3.63, 3.8) is 0 Å². The van der Waals surface area contributed by atoms with Gasteiger partial charge >= 0.3 is 5.97 Å². The average Bonchev–Trinajstić information content (AvgIpc) is 2.97. The maximum atomic E-state index is 12.5. The summed E-state index contributed by atoms with van der Waals surface area (Å²) in [5.74, 6) is -0.0802. The first-order valence-electron chi connectivity index (χ1n) is 8.62. The number of halogens is 2. The van der Waals surface area contributed by atoms with E-state index in [0.29, 0.717) is 21.4 Å². The lowest BCUT2D eigenvalue weighted by molar-refractivity contribution is -0.138. The lowest BCUT2D eigenvalue weighted by Crippen LogP contribution is -2.12. The Hall–Kier alpha value is -2.03. The van der Waals surface area contributed by atoms with Crippen LogP contribution in [0.2, 0.25) is 0 Å². The molecule has 0 fully saturated rings. The predicted molar refractivity (Wildman–Crippen MR) is 124 cm³/mol. The van der Waals surface area contributed by atoms with Crippen molar-refractivity contribution < 1.29 is 19.4 Å². The summed E-state index contributed by atoms with van der Waals surface area (Å²) in [4.78, 5) is 17.5. The fourth-order valence-corrected chi connectivity index (χ4v) is 5.20. The van der Waals surface area contributed by atoms with E-state index < -0.39 is 5.97 Å². The van der Waals surface area contributed by atoms with E-state index in [4.69, 9.17) is 9.47 Å². The third-order valence-electron chi connectivity index (χ3n) is 3.88. The molecule has 1 aliphatic rings. The maximum Gasteiger partial charge on any atom is 0.344 e. The molecule has 0 radical (unpaired) electrons. The van der Waals surface area contributed by atoms with Gasteiger partial charge in [0.05, 0.1) is 33.3 Å². The van der Waals surface area contributed by atoms with E-state index >= 15 is 0 Å². The highest BCUT2D eigenvalue weighted by molar-refractivity contribution is 9.11. The van der Waals surface area contributed by atoms with Crippen LogP contribution in [0.15, 0.2) is 72.6 Å². The number of thioether (sulfide) groups is 1. The van der Waals surface area contributed by atoms with E-state index in [0.717, 1.165) is 14.5 Å². The highest BCUT2D eigenvalue weighted by Gasteiger charge is 2.33. The van der Waals surface area contributed by atoms with Crippen LogP contribution >= 0.6 is 43.6 Å². The molecule has 0 saturated heterocycles. The van der Waals surface area contributed by atoms with Gasteiger partial charge in [-0.25, -0.2) is 9.79 Å². The van der Waals surface area contributed by atoms with Gasteiger partial charge < -0.3 is 14.6 Å². The molecule has 0 bridgehead atoms. The SMILES string of the molecule is CCOC(=O)C1=C(O)/C(=C/c2cc(Br)c(OC)c(Br)c2)SC1=Nc1ccccc1. The average molecular weight is 539 g/mol. The first-order valence-corrected chi connectivity index (χ1v) is 11.0. The second kappa shape index (κ2) is 9.65. The third kappa shape index (κ3) is 4.94. The standard InChI is InChI=1S/C21H17Br2NO4S/c1-3-28-21(26)17-18(25)16(29-20(17)24-13-7-5-4-6-8-13)11-12-9-14(22)19(27-2)15(23)10-12/h4-11,25H,3H2,1-2H3/b16-11-,24-20?. The fourth-order valence-electron chi connectivity index (χ4n) is 2.62. The summed E-state index contributed by atoms with van der Waals surface area (Å²) in [5, 5.41) is 11.1. The molecule has 0 amide bonds. The molecule has 5 nitrogen and oxygen atoms in total. The monoisotopic (exact) mass is 537 g/mol. The second-order valence-corrected chi connectivity index (χ2v) is 8.56. The van der Waals surface area contributed by atoms with E-state index in [1.54, 1.807) is 20.1 Å². The Labute approximate surface area is 189 Å². The van der Waals surface area contributed by atoms with Gasteiger partial charge in [0, 0.05) is 0 Å². The number of carbonyl (C=O) groups is 1. The molecule has 0 spiro atoms. The van der Waals surface area contributed by atoms with Crippen molar-refractivity contribution in [2.45, 2.75) is 6.92 Å². The van der Waals surface area contributed by atoms with Crippen LogP contribution in [0.1, 0.15) is 12.5 Å². The van der Waals surface area contributed by atoms with Gasteiger partial charge in [0.1, 0.15) is 22.1 Å². The lowest BCUT2D eigenvalue weighted by atomic mass is 10.1. The number of benzene rings is 2. The minimum Gasteiger partial charge on any atom is -0.506 e. The van der Waals surface area contributed by atoms with Gasteiger partial charge in [-0.05, 0) is 74.7 Å². The van der Waals surface area contributed by atoms with Crippen LogP contribution in [0.5, 0.6) is 5.75 Å². The molecule has 150 valence electrons. The van der Waals surface area contributed by atoms with Crippen molar-refractivity contribution in [1.82, 2.24) is 0 Å². The summed E-state index contributed by atoms with van der Waals surface area (Å²) in [6, 6.07) is 13.0. The highest BCUT2D eigenvalue weighted by Crippen LogP contribution is 2.41. The molecular formula is C21H17Br2NO4S. The number of hydrogen-bond donors (Lipinski definition) is 1. The highest BCUT2D eigenvalue weighted by atomic mass is 79.9. The van der Waals surface area contributed by atoms with Crippen molar-refractivity contribution in [3.05, 3.63) is 73.2 Å². The Bertz CT molecular complexity index is 1010. The number of aliphatic hydroxyl groups excluding tert-OH is 1. The first-order chi connectivity index (χ1) is 13.9. The van der Waals surface area contributed by atoms with Gasteiger partial charge in [-0.2, -0.15) is 0 Å². The summed E-state index contributed by atoms with van der Waals surface area (Å²) in [7, 11) is 1.59. The zero-order valence-electron chi connectivity index (χ0n) is 15.6. The number of ether oxygens (including phenoxy) is 2. The number of aliphatic hydroxyl groups is 1. The van der Waals surface area contributed by atoms with Crippen molar-refractivity contribution in [2.75, 3.05) is 13.7 Å². The number of aliphatic imine (C=N–C) groups is 1. The zero-order valence-corrected chi connectivity index (χ0v) is 19.6. The maximum absolute atomic E-state index is 12.5. The number of para-hydroxylation sites is 1. The van der Waals surface area contributed by atoms with Crippen molar-refractivity contribution >= 4 is 66.4 Å². The normalized spacial score (nSPS) is 16.6. The Morgan fingerprint density at radius 2 is 1.86 bits per heavy atom. The van der Waals surface area contributed by atoms with Crippen molar-refractivity contribution in [2.24, 2.45) is 4.99 Å². The minimum absolute atomic E-state index is 0.0681. The molecule has 8 heteroatoms. The van der Waals surface area contributed by atoms with Crippen LogP contribution in [0.25, 0.3) is 6.08 Å². The summed E-state index contributed by atoms with van der Waals surface area (Å²) < 4.78 is 12.0. The number of rotatable bonds is 5. The van der Waals surface area contributed by atoms with E-state index in [1.165, 1.54) is 11.8 Å². The minimum atomic E-state index is -0.604. The fraction of sp³-hybridized carbons (Fsp3) is 0.143. The number of methoxy groups -OCH3 is 1. The topological polar surface area (TPSA) is 68.1 Å². The van der Waals surface area contributed by atoms with Gasteiger partial charge in [0.2, 0.25) is 0 Å². The zero-order chi connectivity index (χ0) is 21.0. The number of hydrogen-bond acceptors (Lipinski definition) is 6. The Morgan fingerprint density at radius 3 is 2.45 bits per heavy atom. The molecule has 2 aromatic carbocycles. The molecule has 0 atom stereocenters. The molecule has 2 aromatic rings. The van der Waals surface area contributed by atoms with E-state index in [-0.39, 0.29) is 17.9 Å². The molecular weight excluding hydrogens is 522 g/mol. The van der Waals surface area contributed by atoms with Crippen molar-refractivity contribution in [3.8, 4) is 5.75 Å². The molecule has 0 aromatic heterocycles. The largest absolute Gasteiger partial charge is 0.506 e. The van der Waals surface area contributed by atoms with E-state index in [2.05, 4.69) is 36.9 Å². The van der Waals surface area contributed by atoms with Gasteiger partial charge in [-0.15, -0.1) is 0 Å². The summed E-state index contributed by atoms with van der Waals surface area (Å²) >= 11 is 8.16. The Kier molecular flexibility index (Phi) is 7.21. The van der Waals surface area contributed by atoms with Gasteiger partial charge in [-0.3, -0.25) is 0 Å². The van der Waals surface area contributed by atoms with Crippen LogP contribution in [0, 0.1) is 0 Å². The molecule has 1 aliphatic heterocycles. The molecule has 0 unspecified atom stereocenters. The van der Waals surface area contributed by atoms with E-state index in [1.807, 2.05) is 42.5 Å². The Morgan fingerprint density at radius 1 is 1.21 bits per heavy atom. The molecule has 1 heterocycles. The van der Waals surface area contributed by atoms with Crippen LogP contribution in [0.3, 0.4) is 0 Å². The summed E-state index contributed by atoms with van der Waals surface area (Å²) in [6.07, 6.45) is 1.78. The number of carbonyl (C=O) groups excluding carboxylic acids is 1. The molecule has 0 saturated carbocycles. The van der Waals surface area contributed by atoms with Crippen molar-refractivity contribution in [1.29, 1.82) is 0 Å². The van der Waals surface area contributed by atoms with Gasteiger partial charge in [0.25, 0.3) is 0 Å². The van der Waals surface area contributed by atoms with Crippen LogP contribution in [0.4, 0.5) is 5.69 Å². The Balaban J connectivity index is 2.06. The second-order valence-electron chi connectivity index (χ2n) is 5.83. The van der Waals surface area contributed by atoms with E-state index in [9.17, 15) is 9.90 Å². The molecule has 29 heavy (non-hydrogen) atoms.